The average Bonchev–Trinajstić information content (AvgIpc) is 3.42. The van der Waals surface area contributed by atoms with E-state index in [0.29, 0.717) is 26.4 Å². The zero-order valence-electron chi connectivity index (χ0n) is 17.2. The number of fused-ring (bicyclic) bond motifs is 2. The van der Waals surface area contributed by atoms with Crippen LogP contribution in [0.15, 0.2) is 35.3 Å². The predicted octanol–water partition coefficient (Wildman–Crippen LogP) is 2.90. The molecule has 8 nitrogen and oxygen atoms in total. The van der Waals surface area contributed by atoms with Gasteiger partial charge in [0, 0.05) is 43.9 Å². The van der Waals surface area contributed by atoms with Gasteiger partial charge in [-0.25, -0.2) is 4.98 Å². The van der Waals surface area contributed by atoms with Crippen LogP contribution in [0.4, 0.5) is 0 Å². The summed E-state index contributed by atoms with van der Waals surface area (Å²) in [5.74, 6) is 1.67. The number of ether oxygens (including phenoxy) is 3. The second-order valence-corrected chi connectivity index (χ2v) is 7.51. The monoisotopic (exact) mass is 410 g/mol. The van der Waals surface area contributed by atoms with Crippen molar-refractivity contribution in [1.82, 2.24) is 19.7 Å². The van der Waals surface area contributed by atoms with Crippen molar-refractivity contribution in [2.45, 2.75) is 33.0 Å². The summed E-state index contributed by atoms with van der Waals surface area (Å²) in [6.45, 7) is 7.97. The van der Waals surface area contributed by atoms with Crippen molar-refractivity contribution in [3.63, 3.8) is 0 Å². The second kappa shape index (κ2) is 8.49. The molecule has 1 aromatic carbocycles. The lowest BCUT2D eigenvalue weighted by Gasteiger charge is -2.28. The third-order valence-corrected chi connectivity index (χ3v) is 5.55. The fourth-order valence-corrected chi connectivity index (χ4v) is 4.14. The lowest BCUT2D eigenvalue weighted by atomic mass is 10.0. The third kappa shape index (κ3) is 3.80. The van der Waals surface area contributed by atoms with E-state index in [4.69, 9.17) is 23.7 Å². The Morgan fingerprint density at radius 1 is 1.17 bits per heavy atom. The highest BCUT2D eigenvalue weighted by Crippen LogP contribution is 2.33. The molecule has 0 unspecified atom stereocenters. The number of nitrogens with zero attached hydrogens (tertiary/aromatic N) is 4. The number of oxazole rings is 1. The zero-order valence-corrected chi connectivity index (χ0v) is 17.2. The molecule has 0 N–H and O–H groups in total. The van der Waals surface area contributed by atoms with Crippen molar-refractivity contribution in [3.05, 3.63) is 47.7 Å². The van der Waals surface area contributed by atoms with Crippen LogP contribution in [0, 0.1) is 0 Å². The van der Waals surface area contributed by atoms with Crippen molar-refractivity contribution in [2.24, 2.45) is 0 Å². The molecule has 30 heavy (non-hydrogen) atoms. The van der Waals surface area contributed by atoms with Crippen molar-refractivity contribution in [3.8, 4) is 22.9 Å². The van der Waals surface area contributed by atoms with Crippen LogP contribution in [-0.2, 0) is 30.8 Å². The first kappa shape index (κ1) is 19.1. The van der Waals surface area contributed by atoms with Crippen LogP contribution in [0.1, 0.15) is 23.7 Å². The number of hydrogen-bond donors (Lipinski definition) is 0. The van der Waals surface area contributed by atoms with Crippen LogP contribution in [0.25, 0.3) is 11.4 Å². The molecule has 8 heteroatoms. The average molecular weight is 410 g/mol. The molecule has 0 saturated heterocycles. The van der Waals surface area contributed by atoms with Gasteiger partial charge >= 0.3 is 0 Å². The van der Waals surface area contributed by atoms with Crippen LogP contribution in [-0.4, -0.2) is 52.6 Å². The van der Waals surface area contributed by atoms with E-state index in [1.165, 1.54) is 23.2 Å². The van der Waals surface area contributed by atoms with E-state index in [1.807, 2.05) is 13.0 Å². The smallest absolute Gasteiger partial charge is 0.181 e. The first-order valence-corrected chi connectivity index (χ1v) is 10.5. The van der Waals surface area contributed by atoms with Crippen LogP contribution < -0.4 is 9.47 Å². The van der Waals surface area contributed by atoms with Gasteiger partial charge in [0.05, 0.1) is 13.2 Å². The number of benzene rings is 1. The fraction of sp³-hybridized carbons (Fsp3) is 0.455. The molecule has 0 amide bonds. The highest BCUT2D eigenvalue weighted by molar-refractivity contribution is 5.59. The summed E-state index contributed by atoms with van der Waals surface area (Å²) >= 11 is 0. The molecule has 3 aromatic rings. The first-order chi connectivity index (χ1) is 14.8. The van der Waals surface area contributed by atoms with Gasteiger partial charge < -0.3 is 18.6 Å². The number of hydrogen-bond acceptors (Lipinski definition) is 7. The van der Waals surface area contributed by atoms with Crippen molar-refractivity contribution < 1.29 is 18.6 Å². The van der Waals surface area contributed by atoms with Crippen LogP contribution in [0.5, 0.6) is 11.5 Å². The highest BCUT2D eigenvalue weighted by atomic mass is 16.6. The first-order valence-electron chi connectivity index (χ1n) is 10.5. The Labute approximate surface area is 175 Å². The largest absolute Gasteiger partial charge is 0.486 e. The minimum Gasteiger partial charge on any atom is -0.486 e. The highest BCUT2D eigenvalue weighted by Gasteiger charge is 2.27. The molecule has 0 radical (unpaired) electrons. The minimum atomic E-state index is 0.603. The molecule has 4 heterocycles. The molecular weight excluding hydrogens is 384 g/mol. The zero-order chi connectivity index (χ0) is 20.3. The van der Waals surface area contributed by atoms with Crippen molar-refractivity contribution in [1.29, 1.82) is 0 Å². The van der Waals surface area contributed by atoms with E-state index in [1.54, 1.807) is 6.26 Å². The molecule has 2 aliphatic heterocycles. The summed E-state index contributed by atoms with van der Waals surface area (Å²) < 4.78 is 24.2. The molecule has 0 atom stereocenters. The second-order valence-electron chi connectivity index (χ2n) is 7.51. The lowest BCUT2D eigenvalue weighted by Crippen LogP contribution is -2.31. The number of aromatic nitrogens is 3. The Morgan fingerprint density at radius 2 is 2.07 bits per heavy atom. The Balaban J connectivity index is 1.37. The quantitative estimate of drug-likeness (QED) is 0.555. The van der Waals surface area contributed by atoms with Crippen LogP contribution in [0.2, 0.25) is 0 Å². The Morgan fingerprint density at radius 3 is 2.90 bits per heavy atom. The maximum Gasteiger partial charge on any atom is 0.181 e. The minimum absolute atomic E-state index is 0.603. The summed E-state index contributed by atoms with van der Waals surface area (Å²) in [5.41, 5.74) is 5.40. The molecule has 5 rings (SSSR count). The maximum atomic E-state index is 5.74. The molecule has 0 fully saturated rings. The SMILES string of the molecule is CCOCCn1nc(-c2cocn2)c2c1CCN(Cc1ccc3c(c1)OCCO3)C2. The van der Waals surface area contributed by atoms with Crippen LogP contribution >= 0.6 is 0 Å². The molecule has 0 saturated carbocycles. The molecule has 2 aliphatic rings. The van der Waals surface area contributed by atoms with E-state index >= 15 is 0 Å². The summed E-state index contributed by atoms with van der Waals surface area (Å²) in [7, 11) is 0. The third-order valence-electron chi connectivity index (χ3n) is 5.55. The van der Waals surface area contributed by atoms with Gasteiger partial charge in [-0.15, -0.1) is 0 Å². The van der Waals surface area contributed by atoms with Gasteiger partial charge in [0.1, 0.15) is 30.9 Å². The van der Waals surface area contributed by atoms with Crippen molar-refractivity contribution >= 4 is 0 Å². The normalized spacial score (nSPS) is 15.9. The van der Waals surface area contributed by atoms with Gasteiger partial charge in [-0.05, 0) is 24.6 Å². The number of rotatable bonds is 7. The summed E-state index contributed by atoms with van der Waals surface area (Å²) in [6.07, 6.45) is 4.06. The molecule has 0 bridgehead atoms. The van der Waals surface area contributed by atoms with Gasteiger partial charge in [-0.1, -0.05) is 6.07 Å². The molecule has 2 aromatic heterocycles. The van der Waals surface area contributed by atoms with Gasteiger partial charge in [0.2, 0.25) is 0 Å². The molecule has 0 spiro atoms. The predicted molar refractivity (Wildman–Crippen MR) is 109 cm³/mol. The van der Waals surface area contributed by atoms with E-state index in [2.05, 4.69) is 26.7 Å². The van der Waals surface area contributed by atoms with Gasteiger partial charge in [-0.3, -0.25) is 9.58 Å². The summed E-state index contributed by atoms with van der Waals surface area (Å²) in [6, 6.07) is 6.22. The van der Waals surface area contributed by atoms with E-state index in [9.17, 15) is 0 Å². The topological polar surface area (TPSA) is 74.8 Å². The van der Waals surface area contributed by atoms with Gasteiger partial charge in [-0.2, -0.15) is 5.10 Å². The Hall–Kier alpha value is -2.84. The molecule has 0 aliphatic carbocycles. The molecule has 158 valence electrons. The Bertz CT molecular complexity index is 999. The van der Waals surface area contributed by atoms with E-state index in [0.717, 1.165) is 55.5 Å². The van der Waals surface area contributed by atoms with Gasteiger partial charge in [0.15, 0.2) is 17.9 Å². The summed E-state index contributed by atoms with van der Waals surface area (Å²) in [5, 5.41) is 4.86. The molecular formula is C22H26N4O4. The standard InChI is InChI=1S/C22H26N4O4/c1-2-27-8-7-26-19-5-6-25(13-17(19)22(24-26)18-14-28-15-23-18)12-16-3-4-20-21(11-16)30-10-9-29-20/h3-4,11,14-15H,2,5-10,12-13H2,1H3. The van der Waals surface area contributed by atoms with E-state index < -0.39 is 0 Å². The van der Waals surface area contributed by atoms with Crippen LogP contribution in [0.3, 0.4) is 0 Å². The van der Waals surface area contributed by atoms with Gasteiger partial charge in [0.25, 0.3) is 0 Å². The summed E-state index contributed by atoms with van der Waals surface area (Å²) in [4.78, 5) is 6.78. The maximum absolute atomic E-state index is 5.74. The fourth-order valence-electron chi connectivity index (χ4n) is 4.14. The Kier molecular flexibility index (Phi) is 5.42. The van der Waals surface area contributed by atoms with E-state index in [-0.39, 0.29) is 0 Å². The lowest BCUT2D eigenvalue weighted by molar-refractivity contribution is 0.135. The van der Waals surface area contributed by atoms with Crippen molar-refractivity contribution in [2.75, 3.05) is 33.0 Å².